The zero-order valence-corrected chi connectivity index (χ0v) is 10.4. The van der Waals surface area contributed by atoms with Crippen molar-refractivity contribution in [1.82, 2.24) is 0 Å². The first kappa shape index (κ1) is 11.4. The summed E-state index contributed by atoms with van der Waals surface area (Å²) in [5.74, 6) is 2.79. The molecule has 1 aromatic carbocycles. The van der Waals surface area contributed by atoms with E-state index in [9.17, 15) is 4.39 Å². The van der Waals surface area contributed by atoms with E-state index >= 15 is 0 Å². The molecule has 0 aromatic heterocycles. The Kier molecular flexibility index (Phi) is 2.79. The highest BCUT2D eigenvalue weighted by atomic mass is 32.2. The summed E-state index contributed by atoms with van der Waals surface area (Å²) >= 11 is 1.97. The Hall–Kier alpha value is -0.740. The second-order valence-electron chi connectivity index (χ2n) is 4.89. The van der Waals surface area contributed by atoms with Crippen LogP contribution in [0.15, 0.2) is 18.2 Å². The van der Waals surface area contributed by atoms with Crippen molar-refractivity contribution in [1.29, 1.82) is 0 Å². The molecule has 2 nitrogen and oxygen atoms in total. The number of nitrogens with two attached hydrogens (primary N) is 1. The quantitative estimate of drug-likeness (QED) is 0.772. The molecule has 0 radical (unpaired) electrons. The Morgan fingerprint density at radius 2 is 2.12 bits per heavy atom. The first-order chi connectivity index (χ1) is 8.19. The lowest BCUT2D eigenvalue weighted by Gasteiger charge is -2.43. The fourth-order valence-corrected chi connectivity index (χ4v) is 3.97. The molecule has 2 heterocycles. The molecule has 92 valence electrons. The van der Waals surface area contributed by atoms with Crippen LogP contribution in [0, 0.1) is 5.82 Å². The van der Waals surface area contributed by atoms with E-state index in [4.69, 9.17) is 10.5 Å². The zero-order chi connectivity index (χ0) is 11.9. The van der Waals surface area contributed by atoms with Gasteiger partial charge < -0.3 is 10.5 Å². The van der Waals surface area contributed by atoms with Crippen molar-refractivity contribution in [2.45, 2.75) is 30.9 Å². The fraction of sp³-hybridized carbons (Fsp3) is 0.538. The van der Waals surface area contributed by atoms with Crippen LogP contribution in [0.4, 0.5) is 4.39 Å². The molecule has 2 N–H and O–H groups in total. The van der Waals surface area contributed by atoms with E-state index in [1.807, 2.05) is 11.8 Å². The number of hydrogen-bond donors (Lipinski definition) is 1. The largest absolute Gasteiger partial charge is 0.487 e. The molecule has 4 heteroatoms. The lowest BCUT2D eigenvalue weighted by molar-refractivity contribution is 0.0278. The molecule has 0 amide bonds. The Bertz CT molecular complexity index is 431. The summed E-state index contributed by atoms with van der Waals surface area (Å²) in [7, 11) is 0. The number of ether oxygens (including phenoxy) is 1. The first-order valence-electron chi connectivity index (χ1n) is 6.00. The van der Waals surface area contributed by atoms with Gasteiger partial charge in [-0.25, -0.2) is 4.39 Å². The SMILES string of the molecule is N[C@@H]1CC2(CCSCC2)Oc2ccc(F)cc21. The second-order valence-corrected chi connectivity index (χ2v) is 6.11. The average molecular weight is 253 g/mol. The van der Waals surface area contributed by atoms with Crippen LogP contribution >= 0.6 is 11.8 Å². The van der Waals surface area contributed by atoms with E-state index in [0.29, 0.717) is 0 Å². The number of thioether (sulfide) groups is 1. The Balaban J connectivity index is 1.94. The molecule has 1 spiro atoms. The minimum atomic E-state index is -0.238. The summed E-state index contributed by atoms with van der Waals surface area (Å²) < 4.78 is 19.3. The summed E-state index contributed by atoms with van der Waals surface area (Å²) in [6, 6.07) is 4.57. The number of benzene rings is 1. The Morgan fingerprint density at radius 1 is 1.35 bits per heavy atom. The number of hydrogen-bond acceptors (Lipinski definition) is 3. The van der Waals surface area contributed by atoms with Gasteiger partial charge in [-0.3, -0.25) is 0 Å². The molecular weight excluding hydrogens is 237 g/mol. The molecule has 3 rings (SSSR count). The topological polar surface area (TPSA) is 35.2 Å². The molecule has 0 bridgehead atoms. The average Bonchev–Trinajstić information content (AvgIpc) is 2.31. The monoisotopic (exact) mass is 253 g/mol. The summed E-state index contributed by atoms with van der Waals surface area (Å²) in [6.45, 7) is 0. The summed E-state index contributed by atoms with van der Waals surface area (Å²) in [5, 5.41) is 0. The van der Waals surface area contributed by atoms with Gasteiger partial charge in [0.05, 0.1) is 0 Å². The van der Waals surface area contributed by atoms with Gasteiger partial charge in [0.2, 0.25) is 0 Å². The molecule has 0 aliphatic carbocycles. The normalized spacial score (nSPS) is 26.4. The lowest BCUT2D eigenvalue weighted by Crippen LogP contribution is -2.45. The minimum absolute atomic E-state index is 0.0995. The molecule has 1 saturated heterocycles. The van der Waals surface area contributed by atoms with E-state index < -0.39 is 0 Å². The molecule has 1 atom stereocenters. The van der Waals surface area contributed by atoms with Crippen LogP contribution in [0.3, 0.4) is 0 Å². The third-order valence-electron chi connectivity index (χ3n) is 3.69. The fourth-order valence-electron chi connectivity index (χ4n) is 2.74. The first-order valence-corrected chi connectivity index (χ1v) is 7.16. The van der Waals surface area contributed by atoms with Crippen molar-refractivity contribution in [3.8, 4) is 5.75 Å². The van der Waals surface area contributed by atoms with E-state index in [1.54, 1.807) is 6.07 Å². The third kappa shape index (κ3) is 2.04. The van der Waals surface area contributed by atoms with Gasteiger partial charge in [-0.15, -0.1) is 0 Å². The molecule has 2 aliphatic rings. The molecule has 1 aromatic rings. The van der Waals surface area contributed by atoms with Crippen molar-refractivity contribution >= 4 is 11.8 Å². The van der Waals surface area contributed by atoms with Gasteiger partial charge in [0.15, 0.2) is 0 Å². The van der Waals surface area contributed by atoms with Gasteiger partial charge in [0.1, 0.15) is 17.2 Å². The maximum absolute atomic E-state index is 13.2. The predicted molar refractivity (Wildman–Crippen MR) is 67.9 cm³/mol. The smallest absolute Gasteiger partial charge is 0.125 e. The summed E-state index contributed by atoms with van der Waals surface area (Å²) in [5.41, 5.74) is 6.88. The molecule has 17 heavy (non-hydrogen) atoms. The van der Waals surface area contributed by atoms with Gasteiger partial charge in [0, 0.05) is 18.0 Å². The van der Waals surface area contributed by atoms with Gasteiger partial charge >= 0.3 is 0 Å². The van der Waals surface area contributed by atoms with Crippen LogP contribution in [0.25, 0.3) is 0 Å². The maximum atomic E-state index is 13.2. The van der Waals surface area contributed by atoms with Crippen LogP contribution in [0.1, 0.15) is 30.9 Å². The zero-order valence-electron chi connectivity index (χ0n) is 9.62. The summed E-state index contributed by atoms with van der Waals surface area (Å²) in [6.07, 6.45) is 2.90. The van der Waals surface area contributed by atoms with Crippen molar-refractivity contribution in [2.75, 3.05) is 11.5 Å². The van der Waals surface area contributed by atoms with E-state index in [-0.39, 0.29) is 17.5 Å². The Labute approximate surface area is 105 Å². The number of fused-ring (bicyclic) bond motifs is 1. The van der Waals surface area contributed by atoms with Crippen LogP contribution < -0.4 is 10.5 Å². The lowest BCUT2D eigenvalue weighted by atomic mass is 9.83. The number of rotatable bonds is 0. The van der Waals surface area contributed by atoms with Crippen LogP contribution in [-0.4, -0.2) is 17.1 Å². The van der Waals surface area contributed by atoms with Crippen LogP contribution in [0.2, 0.25) is 0 Å². The van der Waals surface area contributed by atoms with E-state index in [2.05, 4.69) is 0 Å². The van der Waals surface area contributed by atoms with Crippen molar-refractivity contribution < 1.29 is 9.13 Å². The molecule has 2 aliphatic heterocycles. The standard InChI is InChI=1S/C13H16FNOS/c14-9-1-2-12-10(7-9)11(15)8-13(16-12)3-5-17-6-4-13/h1-2,7,11H,3-6,8,15H2/t11-/m1/s1. The van der Waals surface area contributed by atoms with Crippen LogP contribution in [0.5, 0.6) is 5.75 Å². The van der Waals surface area contributed by atoms with Gasteiger partial charge in [-0.05, 0) is 42.5 Å². The van der Waals surface area contributed by atoms with Gasteiger partial charge in [-0.1, -0.05) is 0 Å². The van der Waals surface area contributed by atoms with Crippen LogP contribution in [-0.2, 0) is 0 Å². The third-order valence-corrected chi connectivity index (χ3v) is 4.68. The maximum Gasteiger partial charge on any atom is 0.125 e. The molecule has 0 saturated carbocycles. The number of halogens is 1. The van der Waals surface area contributed by atoms with E-state index in [0.717, 1.165) is 42.1 Å². The minimum Gasteiger partial charge on any atom is -0.487 e. The predicted octanol–water partition coefficient (Wildman–Crippen LogP) is 2.87. The second kappa shape index (κ2) is 4.18. The molecule has 1 fully saturated rings. The van der Waals surface area contributed by atoms with Gasteiger partial charge in [0.25, 0.3) is 0 Å². The highest BCUT2D eigenvalue weighted by Gasteiger charge is 2.40. The molecule has 0 unspecified atom stereocenters. The van der Waals surface area contributed by atoms with Crippen molar-refractivity contribution in [2.24, 2.45) is 5.73 Å². The highest BCUT2D eigenvalue weighted by molar-refractivity contribution is 7.99. The van der Waals surface area contributed by atoms with E-state index in [1.165, 1.54) is 12.1 Å². The van der Waals surface area contributed by atoms with Crippen molar-refractivity contribution in [3.63, 3.8) is 0 Å². The van der Waals surface area contributed by atoms with Crippen molar-refractivity contribution in [3.05, 3.63) is 29.6 Å². The summed E-state index contributed by atoms with van der Waals surface area (Å²) in [4.78, 5) is 0. The Morgan fingerprint density at radius 3 is 2.88 bits per heavy atom. The molecular formula is C13H16FNOS. The van der Waals surface area contributed by atoms with Gasteiger partial charge in [-0.2, -0.15) is 11.8 Å². The highest BCUT2D eigenvalue weighted by Crippen LogP contribution is 2.44.